The monoisotopic (exact) mass is 384 g/mol. The second-order valence-corrected chi connectivity index (χ2v) is 7.64. The Labute approximate surface area is 152 Å². The van der Waals surface area contributed by atoms with Gasteiger partial charge in [0.15, 0.2) is 0 Å². The van der Waals surface area contributed by atoms with Gasteiger partial charge in [-0.15, -0.1) is 0 Å². The maximum absolute atomic E-state index is 12.9. The fourth-order valence-electron chi connectivity index (χ4n) is 2.59. The fraction of sp³-hybridized carbons (Fsp3) is 0.500. The quantitative estimate of drug-likeness (QED) is 0.573. The summed E-state index contributed by atoms with van der Waals surface area (Å²) in [5.74, 6) is -0.696. The molecule has 4 N–H and O–H groups in total. The highest BCUT2D eigenvalue weighted by Gasteiger charge is 2.30. The molecule has 1 heterocycles. The predicted octanol–water partition coefficient (Wildman–Crippen LogP) is -0.117. The van der Waals surface area contributed by atoms with E-state index in [1.165, 1.54) is 16.4 Å². The summed E-state index contributed by atoms with van der Waals surface area (Å²) in [7, 11) is -3.71. The lowest BCUT2D eigenvalue weighted by Gasteiger charge is -2.19. The highest BCUT2D eigenvalue weighted by Crippen LogP contribution is 2.31. The van der Waals surface area contributed by atoms with Crippen molar-refractivity contribution in [3.8, 4) is 5.75 Å². The third-order valence-electron chi connectivity index (χ3n) is 3.84. The lowest BCUT2D eigenvalue weighted by molar-refractivity contribution is -0.123. The Kier molecular flexibility index (Phi) is 6.95. The number of nitrogens with two attached hydrogens (primary N) is 1. The summed E-state index contributed by atoms with van der Waals surface area (Å²) in [5, 5.41) is 4.91. The van der Waals surface area contributed by atoms with E-state index >= 15 is 0 Å². The lowest BCUT2D eigenvalue weighted by Crippen LogP contribution is -2.36. The van der Waals surface area contributed by atoms with Crippen LogP contribution in [0, 0.1) is 0 Å². The van der Waals surface area contributed by atoms with E-state index in [2.05, 4.69) is 10.6 Å². The van der Waals surface area contributed by atoms with E-state index in [4.69, 9.17) is 10.5 Å². The second-order valence-electron chi connectivity index (χ2n) is 5.73. The van der Waals surface area contributed by atoms with E-state index in [1.807, 2.05) is 0 Å². The minimum atomic E-state index is -3.71. The molecule has 144 valence electrons. The molecule has 1 aromatic rings. The van der Waals surface area contributed by atoms with Gasteiger partial charge in [0, 0.05) is 18.8 Å². The second kappa shape index (κ2) is 8.97. The van der Waals surface area contributed by atoms with Crippen molar-refractivity contribution >= 4 is 27.5 Å². The summed E-state index contributed by atoms with van der Waals surface area (Å²) >= 11 is 0. The molecule has 0 aliphatic carbocycles. The first-order chi connectivity index (χ1) is 12.4. The van der Waals surface area contributed by atoms with Gasteiger partial charge in [-0.1, -0.05) is 0 Å². The SMILES string of the molecule is CCOc1ccc(NC(=O)CNC(=O)CN)cc1S(=O)(=O)N1CCCC1. The molecule has 0 radical (unpaired) electrons. The molecule has 9 nitrogen and oxygen atoms in total. The standard InChI is InChI=1S/C16H24N4O5S/c1-2-25-13-6-5-12(19-16(22)11-18-15(21)10-17)9-14(13)26(23,24)20-7-3-4-8-20/h5-6,9H,2-4,7-8,10-11,17H2,1H3,(H,18,21)(H,19,22). The number of carbonyl (C=O) groups excluding carboxylic acids is 2. The summed E-state index contributed by atoms with van der Waals surface area (Å²) in [6, 6.07) is 4.44. The minimum absolute atomic E-state index is 0.0186. The van der Waals surface area contributed by atoms with Crippen LogP contribution in [0.4, 0.5) is 5.69 Å². The molecule has 1 aliphatic rings. The highest BCUT2D eigenvalue weighted by molar-refractivity contribution is 7.89. The van der Waals surface area contributed by atoms with Crippen LogP contribution in [-0.2, 0) is 19.6 Å². The Morgan fingerprint density at radius 3 is 2.54 bits per heavy atom. The molecule has 26 heavy (non-hydrogen) atoms. The summed E-state index contributed by atoms with van der Waals surface area (Å²) < 4.78 is 32.6. The van der Waals surface area contributed by atoms with E-state index in [-0.39, 0.29) is 23.7 Å². The summed E-state index contributed by atoms with van der Waals surface area (Å²) in [5.41, 5.74) is 5.46. The molecule has 0 saturated carbocycles. The van der Waals surface area contributed by atoms with Gasteiger partial charge in [0.05, 0.1) is 19.7 Å². The zero-order chi connectivity index (χ0) is 19.2. The number of rotatable bonds is 8. The summed E-state index contributed by atoms with van der Waals surface area (Å²) in [6.45, 7) is 2.55. The first kappa shape index (κ1) is 20.1. The third-order valence-corrected chi connectivity index (χ3v) is 5.76. The molecular formula is C16H24N4O5S. The van der Waals surface area contributed by atoms with Crippen LogP contribution in [0.25, 0.3) is 0 Å². The number of nitrogens with zero attached hydrogens (tertiary/aromatic N) is 1. The molecule has 1 saturated heterocycles. The molecule has 2 amide bonds. The molecule has 2 rings (SSSR count). The van der Waals surface area contributed by atoms with Gasteiger partial charge in [0.25, 0.3) is 0 Å². The Morgan fingerprint density at radius 2 is 1.92 bits per heavy atom. The Hall–Kier alpha value is -2.17. The van der Waals surface area contributed by atoms with Crippen molar-refractivity contribution in [3.05, 3.63) is 18.2 Å². The van der Waals surface area contributed by atoms with Gasteiger partial charge >= 0.3 is 0 Å². The molecule has 10 heteroatoms. The number of hydrogen-bond donors (Lipinski definition) is 3. The van der Waals surface area contributed by atoms with E-state index in [0.29, 0.717) is 25.4 Å². The molecule has 0 bridgehead atoms. The minimum Gasteiger partial charge on any atom is -0.492 e. The van der Waals surface area contributed by atoms with Crippen molar-refractivity contribution in [2.24, 2.45) is 5.73 Å². The van der Waals surface area contributed by atoms with Gasteiger partial charge in [-0.05, 0) is 38.0 Å². The molecular weight excluding hydrogens is 360 g/mol. The van der Waals surface area contributed by atoms with Crippen LogP contribution in [-0.4, -0.2) is 57.3 Å². The first-order valence-corrected chi connectivity index (χ1v) is 9.86. The smallest absolute Gasteiger partial charge is 0.246 e. The molecule has 1 aromatic carbocycles. The lowest BCUT2D eigenvalue weighted by atomic mass is 10.3. The Morgan fingerprint density at radius 1 is 1.23 bits per heavy atom. The summed E-state index contributed by atoms with van der Waals surface area (Å²) in [6.07, 6.45) is 1.64. The zero-order valence-electron chi connectivity index (χ0n) is 14.7. The van der Waals surface area contributed by atoms with Gasteiger partial charge in [0.1, 0.15) is 10.6 Å². The molecule has 1 aliphatic heterocycles. The van der Waals surface area contributed by atoms with E-state index in [0.717, 1.165) is 12.8 Å². The zero-order valence-corrected chi connectivity index (χ0v) is 15.5. The van der Waals surface area contributed by atoms with Gasteiger partial charge in [-0.25, -0.2) is 8.42 Å². The highest BCUT2D eigenvalue weighted by atomic mass is 32.2. The number of anilines is 1. The van der Waals surface area contributed by atoms with Crippen LogP contribution in [0.3, 0.4) is 0 Å². The number of amides is 2. The predicted molar refractivity (Wildman–Crippen MR) is 96.3 cm³/mol. The third kappa shape index (κ3) is 4.93. The van der Waals surface area contributed by atoms with Crippen LogP contribution < -0.4 is 21.1 Å². The van der Waals surface area contributed by atoms with Crippen LogP contribution in [0.2, 0.25) is 0 Å². The normalized spacial score (nSPS) is 14.8. The van der Waals surface area contributed by atoms with E-state index in [1.54, 1.807) is 13.0 Å². The van der Waals surface area contributed by atoms with Crippen LogP contribution in [0.1, 0.15) is 19.8 Å². The molecule has 0 atom stereocenters. The van der Waals surface area contributed by atoms with Crippen molar-refractivity contribution < 1.29 is 22.7 Å². The van der Waals surface area contributed by atoms with Crippen LogP contribution >= 0.6 is 0 Å². The summed E-state index contributed by atoms with van der Waals surface area (Å²) in [4.78, 5) is 23.0. The van der Waals surface area contributed by atoms with Crippen molar-refractivity contribution in [3.63, 3.8) is 0 Å². The van der Waals surface area contributed by atoms with E-state index < -0.39 is 21.8 Å². The van der Waals surface area contributed by atoms with Crippen molar-refractivity contribution in [2.45, 2.75) is 24.7 Å². The largest absolute Gasteiger partial charge is 0.492 e. The number of ether oxygens (including phenoxy) is 1. The Bertz CT molecular complexity index is 760. The van der Waals surface area contributed by atoms with Gasteiger partial charge in [0.2, 0.25) is 21.8 Å². The number of benzene rings is 1. The van der Waals surface area contributed by atoms with Crippen molar-refractivity contribution in [1.29, 1.82) is 0 Å². The number of carbonyl (C=O) groups is 2. The molecule has 0 spiro atoms. The Balaban J connectivity index is 2.22. The number of nitrogens with one attached hydrogen (secondary N) is 2. The first-order valence-electron chi connectivity index (χ1n) is 8.42. The maximum Gasteiger partial charge on any atom is 0.246 e. The average Bonchev–Trinajstić information content (AvgIpc) is 3.16. The maximum atomic E-state index is 12.9. The van der Waals surface area contributed by atoms with Crippen LogP contribution in [0.15, 0.2) is 23.1 Å². The molecule has 0 aromatic heterocycles. The van der Waals surface area contributed by atoms with E-state index in [9.17, 15) is 18.0 Å². The van der Waals surface area contributed by atoms with Crippen molar-refractivity contribution in [2.75, 3.05) is 38.1 Å². The van der Waals surface area contributed by atoms with Gasteiger partial charge < -0.3 is 21.1 Å². The topological polar surface area (TPSA) is 131 Å². The average molecular weight is 384 g/mol. The molecule has 0 unspecified atom stereocenters. The van der Waals surface area contributed by atoms with Crippen molar-refractivity contribution in [1.82, 2.24) is 9.62 Å². The fourth-order valence-corrected chi connectivity index (χ4v) is 4.26. The number of sulfonamides is 1. The van der Waals surface area contributed by atoms with Gasteiger partial charge in [-0.2, -0.15) is 4.31 Å². The molecule has 1 fully saturated rings. The van der Waals surface area contributed by atoms with Crippen LogP contribution in [0.5, 0.6) is 5.75 Å². The number of hydrogen-bond acceptors (Lipinski definition) is 6. The van der Waals surface area contributed by atoms with Gasteiger partial charge in [-0.3, -0.25) is 9.59 Å².